The normalized spacial score (nSPS) is 15.4. The molecule has 3 rings (SSSR count). The number of sulfone groups is 1. The standard InChI is InChI=1S/C23H26N2O5S/c1-2-3-17-29-20-9-11-21(12-10-20)31(27,28)23(13-15-24-16-14-23)22(26)30-25-18-19-7-5-4-6-8-19/h4-12,24-25H,13-18H2,1H3. The van der Waals surface area contributed by atoms with Crippen LogP contribution >= 0.6 is 0 Å². The van der Waals surface area contributed by atoms with Crippen molar-refractivity contribution in [3.8, 4) is 17.6 Å². The Labute approximate surface area is 183 Å². The average Bonchev–Trinajstić information content (AvgIpc) is 2.80. The number of hydrogen-bond acceptors (Lipinski definition) is 7. The summed E-state index contributed by atoms with van der Waals surface area (Å²) in [6, 6.07) is 15.5. The molecule has 0 aliphatic carbocycles. The van der Waals surface area contributed by atoms with Crippen LogP contribution in [0.3, 0.4) is 0 Å². The molecule has 2 aromatic carbocycles. The zero-order chi connectivity index (χ0) is 22.2. The van der Waals surface area contributed by atoms with E-state index in [0.29, 0.717) is 18.8 Å². The topological polar surface area (TPSA) is 93.7 Å². The van der Waals surface area contributed by atoms with Gasteiger partial charge in [0.05, 0.1) is 11.4 Å². The molecule has 1 fully saturated rings. The highest BCUT2D eigenvalue weighted by atomic mass is 32.2. The minimum atomic E-state index is -4.00. The maximum absolute atomic E-state index is 13.5. The van der Waals surface area contributed by atoms with E-state index >= 15 is 0 Å². The lowest BCUT2D eigenvalue weighted by molar-refractivity contribution is -0.155. The fraction of sp³-hybridized carbons (Fsp3) is 0.348. The van der Waals surface area contributed by atoms with Crippen LogP contribution < -0.4 is 15.5 Å². The summed E-state index contributed by atoms with van der Waals surface area (Å²) in [5.74, 6) is 5.23. The molecule has 7 nitrogen and oxygen atoms in total. The first kappa shape index (κ1) is 22.8. The fourth-order valence-corrected chi connectivity index (χ4v) is 5.37. The van der Waals surface area contributed by atoms with E-state index in [9.17, 15) is 13.2 Å². The molecule has 0 aromatic heterocycles. The van der Waals surface area contributed by atoms with Gasteiger partial charge >= 0.3 is 5.97 Å². The molecule has 0 radical (unpaired) electrons. The number of rotatable bonds is 8. The molecule has 1 heterocycles. The summed E-state index contributed by atoms with van der Waals surface area (Å²) in [6.45, 7) is 3.03. The van der Waals surface area contributed by atoms with Gasteiger partial charge in [0.1, 0.15) is 12.4 Å². The molecule has 0 unspecified atom stereocenters. The van der Waals surface area contributed by atoms with Gasteiger partial charge in [0.25, 0.3) is 0 Å². The van der Waals surface area contributed by atoms with E-state index in [0.717, 1.165) is 5.56 Å². The van der Waals surface area contributed by atoms with E-state index in [-0.39, 0.29) is 30.9 Å². The van der Waals surface area contributed by atoms with Crippen molar-refractivity contribution in [3.63, 3.8) is 0 Å². The Bertz CT molecular complexity index is 1030. The van der Waals surface area contributed by atoms with E-state index in [1.807, 2.05) is 30.3 Å². The summed E-state index contributed by atoms with van der Waals surface area (Å²) in [5, 5.41) is 3.11. The molecule has 0 amide bonds. The van der Waals surface area contributed by atoms with E-state index in [2.05, 4.69) is 22.6 Å². The van der Waals surface area contributed by atoms with Gasteiger partial charge in [-0.3, -0.25) is 0 Å². The monoisotopic (exact) mass is 442 g/mol. The van der Waals surface area contributed by atoms with Crippen molar-refractivity contribution < 1.29 is 22.8 Å². The Morgan fingerprint density at radius 3 is 2.42 bits per heavy atom. The van der Waals surface area contributed by atoms with Crippen molar-refractivity contribution in [1.82, 2.24) is 10.8 Å². The first-order valence-electron chi connectivity index (χ1n) is 10.1. The molecule has 0 spiro atoms. The van der Waals surface area contributed by atoms with Gasteiger partial charge in [0.2, 0.25) is 0 Å². The predicted molar refractivity (Wildman–Crippen MR) is 117 cm³/mol. The molecule has 0 bridgehead atoms. The number of carbonyl (C=O) groups is 1. The zero-order valence-corrected chi connectivity index (χ0v) is 18.2. The Balaban J connectivity index is 1.77. The van der Waals surface area contributed by atoms with Crippen molar-refractivity contribution in [2.45, 2.75) is 36.0 Å². The lowest BCUT2D eigenvalue weighted by atomic mass is 9.97. The van der Waals surface area contributed by atoms with Gasteiger partial charge in [-0.25, -0.2) is 13.2 Å². The first-order chi connectivity index (χ1) is 15.0. The van der Waals surface area contributed by atoms with Crippen molar-refractivity contribution in [2.75, 3.05) is 19.7 Å². The minimum absolute atomic E-state index is 0.0586. The number of hydroxylamine groups is 1. The van der Waals surface area contributed by atoms with E-state index in [1.165, 1.54) is 12.1 Å². The van der Waals surface area contributed by atoms with Crippen LogP contribution in [-0.4, -0.2) is 38.8 Å². The summed E-state index contributed by atoms with van der Waals surface area (Å²) in [5.41, 5.74) is 3.54. The minimum Gasteiger partial charge on any atom is -0.481 e. The van der Waals surface area contributed by atoms with Crippen LogP contribution in [0.15, 0.2) is 59.5 Å². The van der Waals surface area contributed by atoms with E-state index in [1.54, 1.807) is 19.1 Å². The van der Waals surface area contributed by atoms with Crippen LogP contribution in [0, 0.1) is 11.8 Å². The maximum Gasteiger partial charge on any atom is 0.346 e. The van der Waals surface area contributed by atoms with Crippen LogP contribution in [0.1, 0.15) is 25.3 Å². The van der Waals surface area contributed by atoms with Crippen molar-refractivity contribution in [3.05, 3.63) is 60.2 Å². The summed E-state index contributed by atoms with van der Waals surface area (Å²) < 4.78 is 30.9. The molecule has 1 aliphatic rings. The van der Waals surface area contributed by atoms with Crippen molar-refractivity contribution in [2.24, 2.45) is 0 Å². The van der Waals surface area contributed by atoms with Crippen LogP contribution in [-0.2, 0) is 26.0 Å². The summed E-state index contributed by atoms with van der Waals surface area (Å²) in [6.07, 6.45) is 0.261. The summed E-state index contributed by atoms with van der Waals surface area (Å²) >= 11 is 0. The summed E-state index contributed by atoms with van der Waals surface area (Å²) in [4.78, 5) is 18.3. The predicted octanol–water partition coefficient (Wildman–Crippen LogP) is 2.23. The van der Waals surface area contributed by atoms with Gasteiger partial charge in [-0.15, -0.1) is 11.4 Å². The van der Waals surface area contributed by atoms with Gasteiger partial charge in [0, 0.05) is 0 Å². The SMILES string of the molecule is CC#CCOc1ccc(S(=O)(=O)C2(C(=O)ONCc3ccccc3)CCNCC2)cc1. The average molecular weight is 443 g/mol. The first-order valence-corrected chi connectivity index (χ1v) is 11.5. The number of carbonyl (C=O) groups excluding carboxylic acids is 1. The molecule has 31 heavy (non-hydrogen) atoms. The third-order valence-electron chi connectivity index (χ3n) is 5.20. The second-order valence-electron chi connectivity index (χ2n) is 7.13. The molecule has 1 saturated heterocycles. The summed E-state index contributed by atoms with van der Waals surface area (Å²) in [7, 11) is -4.00. The number of nitrogens with one attached hydrogen (secondary N) is 2. The number of piperidine rings is 1. The van der Waals surface area contributed by atoms with Crippen LogP contribution in [0.5, 0.6) is 5.75 Å². The zero-order valence-electron chi connectivity index (χ0n) is 17.4. The van der Waals surface area contributed by atoms with Crippen molar-refractivity contribution >= 4 is 15.8 Å². The van der Waals surface area contributed by atoms with Crippen LogP contribution in [0.25, 0.3) is 0 Å². The highest BCUT2D eigenvalue weighted by Crippen LogP contribution is 2.35. The highest BCUT2D eigenvalue weighted by Gasteiger charge is 2.53. The second kappa shape index (κ2) is 10.4. The van der Waals surface area contributed by atoms with Crippen molar-refractivity contribution in [1.29, 1.82) is 0 Å². The third kappa shape index (κ3) is 5.25. The van der Waals surface area contributed by atoms with Crippen LogP contribution in [0.2, 0.25) is 0 Å². The van der Waals surface area contributed by atoms with E-state index in [4.69, 9.17) is 9.57 Å². The van der Waals surface area contributed by atoms with Gasteiger partial charge in [-0.1, -0.05) is 36.3 Å². The van der Waals surface area contributed by atoms with Gasteiger partial charge in [0.15, 0.2) is 14.6 Å². The number of hydrogen-bond donors (Lipinski definition) is 2. The Morgan fingerprint density at radius 2 is 1.77 bits per heavy atom. The smallest absolute Gasteiger partial charge is 0.346 e. The molecule has 0 atom stereocenters. The molecule has 2 N–H and O–H groups in total. The molecular weight excluding hydrogens is 416 g/mol. The van der Waals surface area contributed by atoms with Gasteiger partial charge in [-0.2, -0.15) is 0 Å². The Morgan fingerprint density at radius 1 is 1.10 bits per heavy atom. The quantitative estimate of drug-likeness (QED) is 0.478. The molecule has 8 heteroatoms. The molecule has 1 aliphatic heterocycles. The lowest BCUT2D eigenvalue weighted by Crippen LogP contribution is -2.55. The lowest BCUT2D eigenvalue weighted by Gasteiger charge is -2.34. The Kier molecular flexibility index (Phi) is 7.69. The molecule has 164 valence electrons. The Hall–Kier alpha value is -2.86. The van der Waals surface area contributed by atoms with Crippen LogP contribution in [0.4, 0.5) is 0 Å². The molecular formula is C23H26N2O5S. The largest absolute Gasteiger partial charge is 0.481 e. The number of benzene rings is 2. The van der Waals surface area contributed by atoms with Gasteiger partial charge in [-0.05, 0) is 62.7 Å². The third-order valence-corrected chi connectivity index (χ3v) is 7.70. The maximum atomic E-state index is 13.5. The van der Waals surface area contributed by atoms with Gasteiger partial charge < -0.3 is 14.9 Å². The number of ether oxygens (including phenoxy) is 1. The molecule has 0 saturated carbocycles. The van der Waals surface area contributed by atoms with E-state index < -0.39 is 20.6 Å². The molecule has 2 aromatic rings. The highest BCUT2D eigenvalue weighted by molar-refractivity contribution is 7.93. The fourth-order valence-electron chi connectivity index (χ4n) is 3.42. The second-order valence-corrected chi connectivity index (χ2v) is 9.39.